The fraction of sp³-hybridized carbons (Fsp3) is 0.211. The second-order valence-corrected chi connectivity index (χ2v) is 14.0. The first-order chi connectivity index (χ1) is 24.3. The molecule has 2 heterocycles. The summed E-state index contributed by atoms with van der Waals surface area (Å²) >= 11 is 15.9. The minimum absolute atomic E-state index is 0.214. The molecule has 4 atom stereocenters. The van der Waals surface area contributed by atoms with Crippen molar-refractivity contribution in [3.05, 3.63) is 128 Å². The van der Waals surface area contributed by atoms with Gasteiger partial charge in [0.05, 0.1) is 0 Å². The van der Waals surface area contributed by atoms with Crippen molar-refractivity contribution in [1.82, 2.24) is 10.6 Å². The largest absolute Gasteiger partial charge is 0.484 e. The van der Waals surface area contributed by atoms with Crippen LogP contribution >= 0.6 is 45.9 Å². The van der Waals surface area contributed by atoms with E-state index in [0.29, 0.717) is 21.5 Å². The average molecular weight is 750 g/mol. The quantitative estimate of drug-likeness (QED) is 0.0647. The van der Waals surface area contributed by atoms with Crippen LogP contribution in [0, 0.1) is 0 Å². The van der Waals surface area contributed by atoms with Gasteiger partial charge in [-0.2, -0.15) is 0 Å². The maximum atomic E-state index is 13.1. The van der Waals surface area contributed by atoms with E-state index >= 15 is 0 Å². The molecule has 258 valence electrons. The van der Waals surface area contributed by atoms with Crippen LogP contribution in [0.15, 0.2) is 108 Å². The molecule has 0 amide bonds. The highest BCUT2D eigenvalue weighted by Gasteiger charge is 2.30. The molecular weight excluding hydrogens is 715 g/mol. The summed E-state index contributed by atoms with van der Waals surface area (Å²) in [5.74, 6) is -1.00. The van der Waals surface area contributed by atoms with Gasteiger partial charge in [-0.25, -0.2) is 9.59 Å². The van der Waals surface area contributed by atoms with Crippen molar-refractivity contribution in [1.29, 1.82) is 0 Å². The van der Waals surface area contributed by atoms with Gasteiger partial charge in [0.1, 0.15) is 23.7 Å². The minimum atomic E-state index is -1.14. The highest BCUT2D eigenvalue weighted by molar-refractivity contribution is 7.10. The average Bonchev–Trinajstić information content (AvgIpc) is 3.88. The SMILES string of the molecule is CNC(CC(Oc1ccc(Cl)c2ccccc12)c1cccs1)OC(=O)C(=O)OC(CC(Oc1ccc(Cl)c2ccccc12)c1cccs1)NC. The lowest BCUT2D eigenvalue weighted by Gasteiger charge is -2.26. The highest BCUT2D eigenvalue weighted by Crippen LogP contribution is 2.38. The number of thiophene rings is 2. The minimum Gasteiger partial charge on any atom is -0.484 e. The topological polar surface area (TPSA) is 95.1 Å². The molecule has 0 aliphatic carbocycles. The Morgan fingerprint density at radius 2 is 0.980 bits per heavy atom. The number of nitrogens with one attached hydrogen (secondary N) is 2. The summed E-state index contributed by atoms with van der Waals surface area (Å²) in [6.45, 7) is 0. The van der Waals surface area contributed by atoms with Crippen LogP contribution in [0.3, 0.4) is 0 Å². The fourth-order valence-corrected chi connectivity index (χ4v) is 7.56. The van der Waals surface area contributed by atoms with Crippen LogP contribution < -0.4 is 20.1 Å². The second kappa shape index (κ2) is 16.7. The molecular formula is C38H34Cl2N2O6S2. The predicted molar refractivity (Wildman–Crippen MR) is 200 cm³/mol. The van der Waals surface area contributed by atoms with Gasteiger partial charge < -0.3 is 18.9 Å². The monoisotopic (exact) mass is 748 g/mol. The number of ether oxygens (including phenoxy) is 4. The molecule has 4 unspecified atom stereocenters. The Bertz CT molecular complexity index is 1910. The van der Waals surface area contributed by atoms with Crippen LogP contribution in [0.25, 0.3) is 21.5 Å². The first-order valence-electron chi connectivity index (χ1n) is 15.8. The summed E-state index contributed by atoms with van der Waals surface area (Å²) in [7, 11) is 3.29. The molecule has 0 aliphatic heterocycles. The molecule has 50 heavy (non-hydrogen) atoms. The lowest BCUT2D eigenvalue weighted by atomic mass is 10.1. The maximum absolute atomic E-state index is 13.1. The summed E-state index contributed by atoms with van der Waals surface area (Å²) in [6, 6.07) is 30.4. The summed E-state index contributed by atoms with van der Waals surface area (Å²) in [5.41, 5.74) is 0. The smallest absolute Gasteiger partial charge is 0.419 e. The van der Waals surface area contributed by atoms with Crippen LogP contribution in [-0.4, -0.2) is 38.5 Å². The third-order valence-electron chi connectivity index (χ3n) is 8.09. The van der Waals surface area contributed by atoms with E-state index in [0.717, 1.165) is 31.3 Å². The molecule has 4 aromatic carbocycles. The van der Waals surface area contributed by atoms with E-state index in [2.05, 4.69) is 10.6 Å². The van der Waals surface area contributed by atoms with Gasteiger partial charge in [-0.3, -0.25) is 10.6 Å². The zero-order valence-electron chi connectivity index (χ0n) is 27.1. The van der Waals surface area contributed by atoms with Crippen LogP contribution in [-0.2, 0) is 19.1 Å². The lowest BCUT2D eigenvalue weighted by Crippen LogP contribution is -2.39. The Morgan fingerprint density at radius 3 is 1.34 bits per heavy atom. The lowest BCUT2D eigenvalue weighted by molar-refractivity contribution is -0.177. The van der Waals surface area contributed by atoms with E-state index in [9.17, 15) is 9.59 Å². The van der Waals surface area contributed by atoms with E-state index in [1.54, 1.807) is 26.2 Å². The third-order valence-corrected chi connectivity index (χ3v) is 10.7. The van der Waals surface area contributed by atoms with Crippen molar-refractivity contribution in [2.75, 3.05) is 14.1 Å². The van der Waals surface area contributed by atoms with Crippen molar-refractivity contribution in [3.8, 4) is 11.5 Å². The molecule has 0 spiro atoms. The molecule has 8 nitrogen and oxygen atoms in total. The first-order valence-corrected chi connectivity index (χ1v) is 18.4. The number of esters is 2. The Labute approximate surface area is 307 Å². The van der Waals surface area contributed by atoms with E-state index < -0.39 is 36.6 Å². The van der Waals surface area contributed by atoms with Crippen molar-refractivity contribution >= 4 is 79.4 Å². The Morgan fingerprint density at radius 1 is 0.580 bits per heavy atom. The fourth-order valence-electron chi connectivity index (χ4n) is 5.57. The van der Waals surface area contributed by atoms with Crippen molar-refractivity contribution < 1.29 is 28.5 Å². The van der Waals surface area contributed by atoms with Gasteiger partial charge in [0, 0.05) is 54.2 Å². The third kappa shape index (κ3) is 8.40. The van der Waals surface area contributed by atoms with Crippen LogP contribution in [0.4, 0.5) is 0 Å². The molecule has 0 radical (unpaired) electrons. The summed E-state index contributed by atoms with van der Waals surface area (Å²) in [5, 5.41) is 14.5. The van der Waals surface area contributed by atoms with Crippen molar-refractivity contribution in [3.63, 3.8) is 0 Å². The standard InChI is InChI=1S/C38H34Cl2N2O6S2/c1-41-35(21-31(33-13-7-19-49-33)45-29-17-15-27(39)23-9-3-5-11-25(23)29)47-37(43)38(44)48-36(42-2)22-32(34-14-8-20-50-34)46-30-18-16-28(40)24-10-4-6-12-26(24)30/h3-20,31-32,35-36,41-42H,21-22H2,1-2H3. The number of benzene rings is 4. The molecule has 12 heteroatoms. The summed E-state index contributed by atoms with van der Waals surface area (Å²) in [6.07, 6.45) is -2.31. The van der Waals surface area contributed by atoms with Gasteiger partial charge in [-0.05, 0) is 61.3 Å². The van der Waals surface area contributed by atoms with Gasteiger partial charge in [0.15, 0.2) is 12.5 Å². The highest BCUT2D eigenvalue weighted by atomic mass is 35.5. The molecule has 0 saturated carbocycles. The van der Waals surface area contributed by atoms with Gasteiger partial charge in [-0.1, -0.05) is 83.9 Å². The number of hydrogen-bond acceptors (Lipinski definition) is 10. The molecule has 0 aliphatic rings. The normalized spacial score (nSPS) is 13.8. The van der Waals surface area contributed by atoms with Crippen molar-refractivity contribution in [2.45, 2.75) is 37.5 Å². The molecule has 0 fully saturated rings. The molecule has 6 rings (SSSR count). The van der Waals surface area contributed by atoms with Crippen LogP contribution in [0.2, 0.25) is 10.0 Å². The van der Waals surface area contributed by atoms with E-state index in [1.807, 2.05) is 95.7 Å². The van der Waals surface area contributed by atoms with Gasteiger partial charge in [0.2, 0.25) is 0 Å². The molecule has 0 bridgehead atoms. The number of carbonyl (C=O) groups is 2. The molecule has 2 N–H and O–H groups in total. The first kappa shape index (κ1) is 35.7. The van der Waals surface area contributed by atoms with E-state index in [-0.39, 0.29) is 12.8 Å². The van der Waals surface area contributed by atoms with Crippen LogP contribution in [0.1, 0.15) is 34.8 Å². The Hall–Kier alpha value is -4.16. The van der Waals surface area contributed by atoms with Crippen LogP contribution in [0.5, 0.6) is 11.5 Å². The molecule has 2 aromatic heterocycles. The predicted octanol–water partition coefficient (Wildman–Crippen LogP) is 9.32. The summed E-state index contributed by atoms with van der Waals surface area (Å²) in [4.78, 5) is 28.1. The number of halogens is 2. The number of fused-ring (bicyclic) bond motifs is 2. The zero-order chi connectivity index (χ0) is 35.0. The van der Waals surface area contributed by atoms with Gasteiger partial charge in [-0.15, -0.1) is 22.7 Å². The van der Waals surface area contributed by atoms with Gasteiger partial charge >= 0.3 is 11.9 Å². The summed E-state index contributed by atoms with van der Waals surface area (Å²) < 4.78 is 24.3. The number of rotatable bonds is 14. The number of hydrogen-bond donors (Lipinski definition) is 2. The van der Waals surface area contributed by atoms with Crippen molar-refractivity contribution in [2.24, 2.45) is 0 Å². The Kier molecular flexibility index (Phi) is 11.9. The second-order valence-electron chi connectivity index (χ2n) is 11.3. The van der Waals surface area contributed by atoms with E-state index in [1.165, 1.54) is 22.7 Å². The molecule has 0 saturated heterocycles. The molecule has 6 aromatic rings. The van der Waals surface area contributed by atoms with E-state index in [4.69, 9.17) is 42.1 Å². The van der Waals surface area contributed by atoms with Gasteiger partial charge in [0.25, 0.3) is 0 Å². The number of carbonyl (C=O) groups excluding carboxylic acids is 2. The maximum Gasteiger partial charge on any atom is 0.419 e. The zero-order valence-corrected chi connectivity index (χ0v) is 30.3. The Balaban J connectivity index is 1.13.